The van der Waals surface area contributed by atoms with Gasteiger partial charge in [0, 0.05) is 18.8 Å². The number of carbonyl (C=O) groups is 1. The third-order valence-corrected chi connectivity index (χ3v) is 2.54. The lowest BCUT2D eigenvalue weighted by molar-refractivity contribution is 0.0925. The van der Waals surface area contributed by atoms with Gasteiger partial charge in [-0.2, -0.15) is 0 Å². The largest absolute Gasteiger partial charge is 0.347 e. The van der Waals surface area contributed by atoms with Crippen LogP contribution >= 0.6 is 0 Å². The molecule has 2 rings (SSSR count). The van der Waals surface area contributed by atoms with Crippen molar-refractivity contribution in [1.29, 1.82) is 0 Å². The highest BCUT2D eigenvalue weighted by molar-refractivity contribution is 5.92. The van der Waals surface area contributed by atoms with Gasteiger partial charge in [-0.1, -0.05) is 0 Å². The van der Waals surface area contributed by atoms with Crippen LogP contribution in [0, 0.1) is 0 Å². The first-order chi connectivity index (χ1) is 7.75. The fourth-order valence-electron chi connectivity index (χ4n) is 1.70. The molecule has 6 nitrogen and oxygen atoms in total. The highest BCUT2D eigenvalue weighted by Gasteiger charge is 2.16. The molecule has 0 saturated carbocycles. The van der Waals surface area contributed by atoms with Gasteiger partial charge in [0.25, 0.3) is 11.5 Å². The van der Waals surface area contributed by atoms with Crippen molar-refractivity contribution >= 4 is 5.91 Å². The van der Waals surface area contributed by atoms with Gasteiger partial charge in [-0.3, -0.25) is 9.59 Å². The highest BCUT2D eigenvalue weighted by Crippen LogP contribution is 2.02. The molecular weight excluding hydrogens is 208 g/mol. The van der Waals surface area contributed by atoms with Gasteiger partial charge in [0.2, 0.25) is 0 Å². The molecule has 0 spiro atoms. The summed E-state index contributed by atoms with van der Waals surface area (Å²) in [6, 6.07) is 0.148. The van der Waals surface area contributed by atoms with E-state index >= 15 is 0 Å². The Morgan fingerprint density at radius 2 is 2.44 bits per heavy atom. The Bertz CT molecular complexity index is 403. The van der Waals surface area contributed by atoms with Crippen LogP contribution in [0.3, 0.4) is 0 Å². The molecule has 3 N–H and O–H groups in total. The van der Waals surface area contributed by atoms with Crippen LogP contribution in [0.1, 0.15) is 23.3 Å². The Balaban J connectivity index is 1.96. The van der Waals surface area contributed by atoms with Gasteiger partial charge in [0.15, 0.2) is 0 Å². The van der Waals surface area contributed by atoms with Crippen LogP contribution in [0.4, 0.5) is 0 Å². The monoisotopic (exact) mass is 222 g/mol. The number of carbonyl (C=O) groups excluding carboxylic acids is 1. The average molecular weight is 222 g/mol. The molecule has 1 fully saturated rings. The SMILES string of the molecule is O=C(N[C@@H]1CCCNC1)c1c[nH]c(=O)cn1. The van der Waals surface area contributed by atoms with Crippen molar-refractivity contribution in [3.63, 3.8) is 0 Å². The van der Waals surface area contributed by atoms with Gasteiger partial charge in [-0.05, 0) is 19.4 Å². The number of piperidine rings is 1. The number of aromatic amines is 1. The quantitative estimate of drug-likeness (QED) is 0.614. The van der Waals surface area contributed by atoms with E-state index in [0.717, 1.165) is 32.1 Å². The zero-order valence-electron chi connectivity index (χ0n) is 8.82. The van der Waals surface area contributed by atoms with Gasteiger partial charge in [0.05, 0.1) is 6.20 Å². The fourth-order valence-corrected chi connectivity index (χ4v) is 1.70. The molecule has 0 aromatic carbocycles. The maximum atomic E-state index is 11.7. The van der Waals surface area contributed by atoms with Gasteiger partial charge in [0.1, 0.15) is 5.69 Å². The molecule has 0 bridgehead atoms. The summed E-state index contributed by atoms with van der Waals surface area (Å²) in [5.74, 6) is -0.245. The van der Waals surface area contributed by atoms with Gasteiger partial charge in [-0.15, -0.1) is 0 Å². The smallest absolute Gasteiger partial charge is 0.271 e. The number of nitrogens with one attached hydrogen (secondary N) is 3. The van der Waals surface area contributed by atoms with Crippen molar-refractivity contribution in [2.45, 2.75) is 18.9 Å². The Hall–Kier alpha value is -1.69. The van der Waals surface area contributed by atoms with Crippen molar-refractivity contribution in [3.05, 3.63) is 28.4 Å². The predicted molar refractivity (Wildman–Crippen MR) is 58.2 cm³/mol. The van der Waals surface area contributed by atoms with E-state index in [9.17, 15) is 9.59 Å². The Kier molecular flexibility index (Phi) is 3.31. The molecule has 1 amide bonds. The van der Waals surface area contributed by atoms with Crippen LogP contribution in [0.5, 0.6) is 0 Å². The third-order valence-electron chi connectivity index (χ3n) is 2.54. The van der Waals surface area contributed by atoms with Crippen LogP contribution in [-0.4, -0.2) is 35.0 Å². The van der Waals surface area contributed by atoms with E-state index in [2.05, 4.69) is 20.6 Å². The summed E-state index contributed by atoms with van der Waals surface area (Å²) >= 11 is 0. The molecule has 16 heavy (non-hydrogen) atoms. The Morgan fingerprint density at radius 1 is 1.56 bits per heavy atom. The van der Waals surface area contributed by atoms with E-state index in [1.54, 1.807) is 0 Å². The summed E-state index contributed by atoms with van der Waals surface area (Å²) < 4.78 is 0. The van der Waals surface area contributed by atoms with E-state index < -0.39 is 0 Å². The van der Waals surface area contributed by atoms with Crippen LogP contribution < -0.4 is 16.2 Å². The maximum Gasteiger partial charge on any atom is 0.271 e. The second kappa shape index (κ2) is 4.89. The number of rotatable bonds is 2. The highest BCUT2D eigenvalue weighted by atomic mass is 16.2. The summed E-state index contributed by atoms with van der Waals surface area (Å²) in [5.41, 5.74) is -0.0685. The molecule has 2 heterocycles. The molecule has 1 aliphatic heterocycles. The molecule has 0 unspecified atom stereocenters. The fraction of sp³-hybridized carbons (Fsp3) is 0.500. The van der Waals surface area contributed by atoms with Crippen LogP contribution in [-0.2, 0) is 0 Å². The third kappa shape index (κ3) is 2.66. The van der Waals surface area contributed by atoms with E-state index in [1.807, 2.05) is 0 Å². The molecule has 1 aliphatic rings. The standard InChI is InChI=1S/C10H14N4O2/c15-9-6-12-8(5-13-9)10(16)14-7-2-1-3-11-4-7/h5-7,11H,1-4H2,(H,13,15)(H,14,16)/t7-/m1/s1. The summed E-state index contributed by atoms with van der Waals surface area (Å²) in [7, 11) is 0. The van der Waals surface area contributed by atoms with Crippen LogP contribution in [0.2, 0.25) is 0 Å². The van der Waals surface area contributed by atoms with Crippen molar-refractivity contribution in [2.75, 3.05) is 13.1 Å². The molecule has 1 atom stereocenters. The molecule has 0 radical (unpaired) electrons. The van der Waals surface area contributed by atoms with Crippen molar-refractivity contribution in [3.8, 4) is 0 Å². The number of H-pyrrole nitrogens is 1. The van der Waals surface area contributed by atoms with Gasteiger partial charge in [-0.25, -0.2) is 4.98 Å². The second-order valence-corrected chi connectivity index (χ2v) is 3.81. The van der Waals surface area contributed by atoms with Gasteiger partial charge >= 0.3 is 0 Å². The van der Waals surface area contributed by atoms with E-state index in [-0.39, 0.29) is 23.2 Å². The molecule has 1 aromatic rings. The van der Waals surface area contributed by atoms with Crippen LogP contribution in [0.25, 0.3) is 0 Å². The first-order valence-electron chi connectivity index (χ1n) is 5.32. The number of hydrogen-bond donors (Lipinski definition) is 3. The normalized spacial score (nSPS) is 20.4. The lowest BCUT2D eigenvalue weighted by Crippen LogP contribution is -2.45. The minimum Gasteiger partial charge on any atom is -0.347 e. The molecule has 6 heteroatoms. The number of hydrogen-bond acceptors (Lipinski definition) is 4. The average Bonchev–Trinajstić information content (AvgIpc) is 2.31. The summed E-state index contributed by atoms with van der Waals surface area (Å²) in [6.45, 7) is 1.79. The predicted octanol–water partition coefficient (Wildman–Crippen LogP) is -0.748. The molecular formula is C10H14N4O2. The topological polar surface area (TPSA) is 86.9 Å². The van der Waals surface area contributed by atoms with Crippen LogP contribution in [0.15, 0.2) is 17.2 Å². The van der Waals surface area contributed by atoms with Crippen molar-refractivity contribution in [1.82, 2.24) is 20.6 Å². The van der Waals surface area contributed by atoms with Crippen molar-refractivity contribution < 1.29 is 4.79 Å². The summed E-state index contributed by atoms with van der Waals surface area (Å²) in [5, 5.41) is 6.08. The lowest BCUT2D eigenvalue weighted by atomic mass is 10.1. The zero-order valence-corrected chi connectivity index (χ0v) is 8.82. The Morgan fingerprint density at radius 3 is 3.06 bits per heavy atom. The Labute approximate surface area is 92.5 Å². The van der Waals surface area contributed by atoms with E-state index in [1.165, 1.54) is 6.20 Å². The minimum absolute atomic E-state index is 0.148. The molecule has 86 valence electrons. The lowest BCUT2D eigenvalue weighted by Gasteiger charge is -2.23. The molecule has 1 saturated heterocycles. The molecule has 1 aromatic heterocycles. The number of aromatic nitrogens is 2. The van der Waals surface area contributed by atoms with E-state index in [0.29, 0.717) is 0 Å². The van der Waals surface area contributed by atoms with Crippen molar-refractivity contribution in [2.24, 2.45) is 0 Å². The summed E-state index contributed by atoms with van der Waals surface area (Å²) in [6.07, 6.45) is 4.47. The summed E-state index contributed by atoms with van der Waals surface area (Å²) in [4.78, 5) is 28.7. The second-order valence-electron chi connectivity index (χ2n) is 3.81. The van der Waals surface area contributed by atoms with Gasteiger partial charge < -0.3 is 15.6 Å². The zero-order chi connectivity index (χ0) is 11.4. The maximum absolute atomic E-state index is 11.7. The number of nitrogens with zero attached hydrogens (tertiary/aromatic N) is 1. The first-order valence-corrected chi connectivity index (χ1v) is 5.32. The number of amides is 1. The van der Waals surface area contributed by atoms with E-state index in [4.69, 9.17) is 0 Å². The first kappa shape index (κ1) is 10.8. The molecule has 0 aliphatic carbocycles. The minimum atomic E-state index is -0.309.